The number of rotatable bonds is 5. The van der Waals surface area contributed by atoms with Crippen molar-refractivity contribution >= 4 is 11.6 Å². The summed E-state index contributed by atoms with van der Waals surface area (Å²) in [5, 5.41) is 3.50. The number of hydrogen-bond acceptors (Lipinski definition) is 2. The predicted octanol–water partition coefficient (Wildman–Crippen LogP) is 3.11. The first kappa shape index (κ1) is 17.3. The molecule has 0 radical (unpaired) electrons. The summed E-state index contributed by atoms with van der Waals surface area (Å²) < 4.78 is 2.21. The molecule has 0 spiro atoms. The SMILES string of the molecule is CN=C(NCCc1nccn1Cc1ccccc1)N1CCc2ccccc21. The Morgan fingerprint density at radius 1 is 1.11 bits per heavy atom. The first-order valence-corrected chi connectivity index (χ1v) is 9.45. The van der Waals surface area contributed by atoms with Crippen LogP contribution in [0.3, 0.4) is 0 Å². The minimum Gasteiger partial charge on any atom is -0.356 e. The summed E-state index contributed by atoms with van der Waals surface area (Å²) in [6, 6.07) is 19.0. The van der Waals surface area contributed by atoms with Crippen LogP contribution in [0.4, 0.5) is 5.69 Å². The lowest BCUT2D eigenvalue weighted by Crippen LogP contribution is -2.41. The summed E-state index contributed by atoms with van der Waals surface area (Å²) >= 11 is 0. The molecule has 1 aliphatic rings. The molecule has 0 atom stereocenters. The maximum Gasteiger partial charge on any atom is 0.198 e. The van der Waals surface area contributed by atoms with Crippen LogP contribution in [-0.4, -0.2) is 35.6 Å². The highest BCUT2D eigenvalue weighted by molar-refractivity contribution is 5.97. The molecular formula is C22H25N5. The maximum absolute atomic E-state index is 4.54. The largest absolute Gasteiger partial charge is 0.356 e. The molecule has 5 nitrogen and oxygen atoms in total. The van der Waals surface area contributed by atoms with E-state index in [0.29, 0.717) is 0 Å². The van der Waals surface area contributed by atoms with E-state index in [4.69, 9.17) is 0 Å². The van der Waals surface area contributed by atoms with Gasteiger partial charge in [-0.15, -0.1) is 0 Å². The topological polar surface area (TPSA) is 45.5 Å². The van der Waals surface area contributed by atoms with Crippen LogP contribution >= 0.6 is 0 Å². The molecule has 0 amide bonds. The Hall–Kier alpha value is -3.08. The zero-order valence-corrected chi connectivity index (χ0v) is 15.7. The van der Waals surface area contributed by atoms with E-state index in [0.717, 1.165) is 44.3 Å². The first-order valence-electron chi connectivity index (χ1n) is 9.45. The van der Waals surface area contributed by atoms with Gasteiger partial charge >= 0.3 is 0 Å². The molecule has 4 rings (SSSR count). The Labute approximate surface area is 160 Å². The number of hydrogen-bond donors (Lipinski definition) is 1. The molecule has 0 bridgehead atoms. The summed E-state index contributed by atoms with van der Waals surface area (Å²) in [5.74, 6) is 2.02. The third kappa shape index (κ3) is 3.87. The summed E-state index contributed by atoms with van der Waals surface area (Å²) in [6.07, 6.45) is 5.85. The Morgan fingerprint density at radius 2 is 1.93 bits per heavy atom. The summed E-state index contributed by atoms with van der Waals surface area (Å²) in [6.45, 7) is 2.63. The van der Waals surface area contributed by atoms with Crippen molar-refractivity contribution in [3.63, 3.8) is 0 Å². The lowest BCUT2D eigenvalue weighted by Gasteiger charge is -2.22. The highest BCUT2D eigenvalue weighted by Crippen LogP contribution is 2.27. The molecule has 0 unspecified atom stereocenters. The van der Waals surface area contributed by atoms with Crippen molar-refractivity contribution in [3.8, 4) is 0 Å². The average molecular weight is 359 g/mol. The number of aliphatic imine (C=N–C) groups is 1. The first-order chi connectivity index (χ1) is 13.3. The highest BCUT2D eigenvalue weighted by Gasteiger charge is 2.22. The number of imidazole rings is 1. The van der Waals surface area contributed by atoms with Gasteiger partial charge in [-0.1, -0.05) is 48.5 Å². The van der Waals surface area contributed by atoms with E-state index in [1.54, 1.807) is 0 Å². The molecule has 138 valence electrons. The molecular weight excluding hydrogens is 334 g/mol. The van der Waals surface area contributed by atoms with Gasteiger partial charge in [-0.2, -0.15) is 0 Å². The van der Waals surface area contributed by atoms with Gasteiger partial charge < -0.3 is 14.8 Å². The van der Waals surface area contributed by atoms with Gasteiger partial charge in [0, 0.05) is 51.2 Å². The van der Waals surface area contributed by atoms with E-state index in [2.05, 4.69) is 73.3 Å². The van der Waals surface area contributed by atoms with Gasteiger partial charge in [-0.3, -0.25) is 4.99 Å². The molecule has 1 N–H and O–H groups in total. The molecule has 3 aromatic rings. The van der Waals surface area contributed by atoms with Crippen LogP contribution < -0.4 is 10.2 Å². The molecule has 1 aliphatic heterocycles. The number of aromatic nitrogens is 2. The Morgan fingerprint density at radius 3 is 2.78 bits per heavy atom. The molecule has 0 saturated heterocycles. The number of nitrogens with one attached hydrogen (secondary N) is 1. The van der Waals surface area contributed by atoms with Gasteiger partial charge in [-0.25, -0.2) is 4.98 Å². The van der Waals surface area contributed by atoms with E-state index in [-0.39, 0.29) is 0 Å². The molecule has 2 heterocycles. The standard InChI is InChI=1S/C22H25N5/c1-23-22(27-15-12-19-9-5-6-10-20(19)27)25-13-11-21-24-14-16-26(21)17-18-7-3-2-4-8-18/h2-10,14,16H,11-13,15,17H2,1H3,(H,23,25). The zero-order chi connectivity index (χ0) is 18.5. The van der Waals surface area contributed by atoms with Crippen LogP contribution in [0.1, 0.15) is 17.0 Å². The lowest BCUT2D eigenvalue weighted by atomic mass is 10.2. The summed E-state index contributed by atoms with van der Waals surface area (Å²) in [4.78, 5) is 11.3. The van der Waals surface area contributed by atoms with Crippen molar-refractivity contribution < 1.29 is 0 Å². The summed E-state index contributed by atoms with van der Waals surface area (Å²) in [5.41, 5.74) is 3.93. The van der Waals surface area contributed by atoms with Gasteiger partial charge in [0.15, 0.2) is 5.96 Å². The minimum atomic E-state index is 0.803. The smallest absolute Gasteiger partial charge is 0.198 e. The fraction of sp³-hybridized carbons (Fsp3) is 0.273. The van der Waals surface area contributed by atoms with E-state index < -0.39 is 0 Å². The Balaban J connectivity index is 1.37. The quantitative estimate of drug-likeness (QED) is 0.562. The van der Waals surface area contributed by atoms with Crippen molar-refractivity contribution in [2.24, 2.45) is 4.99 Å². The second kappa shape index (κ2) is 8.08. The molecule has 0 fully saturated rings. The fourth-order valence-corrected chi connectivity index (χ4v) is 3.63. The highest BCUT2D eigenvalue weighted by atomic mass is 15.3. The lowest BCUT2D eigenvalue weighted by molar-refractivity contribution is 0.699. The van der Waals surface area contributed by atoms with Crippen LogP contribution in [0.2, 0.25) is 0 Å². The number of guanidine groups is 1. The normalized spacial score (nSPS) is 13.7. The van der Waals surface area contributed by atoms with Gasteiger partial charge in [0.1, 0.15) is 5.82 Å². The van der Waals surface area contributed by atoms with E-state index in [1.807, 2.05) is 25.5 Å². The van der Waals surface area contributed by atoms with Crippen molar-refractivity contribution in [1.29, 1.82) is 0 Å². The second-order valence-corrected chi connectivity index (χ2v) is 6.71. The number of para-hydroxylation sites is 1. The zero-order valence-electron chi connectivity index (χ0n) is 15.7. The molecule has 2 aromatic carbocycles. The monoisotopic (exact) mass is 359 g/mol. The number of nitrogens with zero attached hydrogens (tertiary/aromatic N) is 4. The fourth-order valence-electron chi connectivity index (χ4n) is 3.63. The van der Waals surface area contributed by atoms with Crippen LogP contribution in [-0.2, 0) is 19.4 Å². The Bertz CT molecular complexity index is 913. The predicted molar refractivity (Wildman–Crippen MR) is 110 cm³/mol. The second-order valence-electron chi connectivity index (χ2n) is 6.71. The third-order valence-corrected chi connectivity index (χ3v) is 4.98. The van der Waals surface area contributed by atoms with Gasteiger partial charge in [0.2, 0.25) is 0 Å². The maximum atomic E-state index is 4.54. The average Bonchev–Trinajstić information content (AvgIpc) is 3.33. The molecule has 0 aliphatic carbocycles. The van der Waals surface area contributed by atoms with E-state index >= 15 is 0 Å². The molecule has 1 aromatic heterocycles. The third-order valence-electron chi connectivity index (χ3n) is 4.98. The molecule has 0 saturated carbocycles. The van der Waals surface area contributed by atoms with Gasteiger partial charge in [-0.05, 0) is 23.6 Å². The minimum absolute atomic E-state index is 0.803. The van der Waals surface area contributed by atoms with Crippen LogP contribution in [0.5, 0.6) is 0 Å². The van der Waals surface area contributed by atoms with Gasteiger partial charge in [0.05, 0.1) is 0 Å². The van der Waals surface area contributed by atoms with Crippen molar-refractivity contribution in [2.75, 3.05) is 25.0 Å². The van der Waals surface area contributed by atoms with Crippen molar-refractivity contribution in [1.82, 2.24) is 14.9 Å². The van der Waals surface area contributed by atoms with Crippen LogP contribution in [0, 0.1) is 0 Å². The number of benzene rings is 2. The molecule has 5 heteroatoms. The summed E-state index contributed by atoms with van der Waals surface area (Å²) in [7, 11) is 1.85. The van der Waals surface area contributed by atoms with Crippen molar-refractivity contribution in [3.05, 3.63) is 83.9 Å². The van der Waals surface area contributed by atoms with Crippen molar-refractivity contribution in [2.45, 2.75) is 19.4 Å². The Kier molecular flexibility index (Phi) is 5.19. The number of fused-ring (bicyclic) bond motifs is 1. The van der Waals surface area contributed by atoms with E-state index in [9.17, 15) is 0 Å². The van der Waals surface area contributed by atoms with Crippen LogP contribution in [0.25, 0.3) is 0 Å². The number of anilines is 1. The van der Waals surface area contributed by atoms with Crippen LogP contribution in [0.15, 0.2) is 72.0 Å². The molecule has 27 heavy (non-hydrogen) atoms. The van der Waals surface area contributed by atoms with E-state index in [1.165, 1.54) is 16.8 Å². The van der Waals surface area contributed by atoms with Gasteiger partial charge in [0.25, 0.3) is 0 Å².